The first-order valence-electron chi connectivity index (χ1n) is 15.4. The fourth-order valence-corrected chi connectivity index (χ4v) is 6.11. The molecular weight excluding hydrogens is 664 g/mol. The van der Waals surface area contributed by atoms with Crippen molar-refractivity contribution in [1.29, 1.82) is 0 Å². The van der Waals surface area contributed by atoms with E-state index in [4.69, 9.17) is 10.5 Å². The summed E-state index contributed by atoms with van der Waals surface area (Å²) in [6, 6.07) is 37.3. The fourth-order valence-electron chi connectivity index (χ4n) is 5.07. The van der Waals surface area contributed by atoms with Crippen LogP contribution in [0.15, 0.2) is 132 Å². The molecule has 5 aromatic rings. The van der Waals surface area contributed by atoms with Crippen LogP contribution in [-0.4, -0.2) is 31.8 Å². The number of hydrogen-bond donors (Lipinski definition) is 3. The van der Waals surface area contributed by atoms with Crippen molar-refractivity contribution in [2.45, 2.75) is 36.8 Å². The summed E-state index contributed by atoms with van der Waals surface area (Å²) in [6.07, 6.45) is 1.56. The Kier molecular flexibility index (Phi) is 12.9. The van der Waals surface area contributed by atoms with Gasteiger partial charge in [-0.15, -0.1) is 12.4 Å². The van der Waals surface area contributed by atoms with Crippen molar-refractivity contribution in [3.05, 3.63) is 154 Å². The van der Waals surface area contributed by atoms with Crippen molar-refractivity contribution in [3.63, 3.8) is 0 Å². The third-order valence-corrected chi connectivity index (χ3v) is 9.04. The largest absolute Gasteiger partial charge is 0.489 e. The second-order valence-corrected chi connectivity index (χ2v) is 12.9. The molecule has 49 heavy (non-hydrogen) atoms. The summed E-state index contributed by atoms with van der Waals surface area (Å²) in [7, 11) is -4.42. The highest BCUT2D eigenvalue weighted by atomic mass is 35.5. The molecule has 0 radical (unpaired) electrons. The molecule has 0 aliphatic rings. The molecule has 0 aliphatic carbocycles. The maximum Gasteiger partial charge on any atom is 0.293 e. The highest BCUT2D eigenvalue weighted by Gasteiger charge is 2.25. The van der Waals surface area contributed by atoms with Gasteiger partial charge in [0.25, 0.3) is 21.6 Å². The molecule has 0 heterocycles. The van der Waals surface area contributed by atoms with Gasteiger partial charge in [0.15, 0.2) is 0 Å². The summed E-state index contributed by atoms with van der Waals surface area (Å²) in [4.78, 5) is 23.4. The van der Waals surface area contributed by atoms with E-state index in [0.717, 1.165) is 41.2 Å². The number of nitrogens with one attached hydrogen (secondary N) is 2. The molecule has 0 bridgehead atoms. The number of aryl methyl sites for hydroxylation is 1. The molecule has 0 unspecified atom stereocenters. The van der Waals surface area contributed by atoms with Crippen molar-refractivity contribution < 1.29 is 22.9 Å². The minimum absolute atomic E-state index is 0. The van der Waals surface area contributed by atoms with Crippen molar-refractivity contribution in [2.75, 3.05) is 11.9 Å². The molecule has 0 aromatic heterocycles. The molecule has 5 rings (SSSR count). The molecule has 1 amide bonds. The zero-order valence-corrected chi connectivity index (χ0v) is 28.2. The number of carbonyl (C=O) groups excluding carboxylic acids is 1. The number of rotatable bonds is 15. The van der Waals surface area contributed by atoms with Crippen molar-refractivity contribution in [3.8, 4) is 16.9 Å². The number of nitro groups is 1. The summed E-state index contributed by atoms with van der Waals surface area (Å²) < 4.78 is 33.8. The van der Waals surface area contributed by atoms with Gasteiger partial charge >= 0.3 is 0 Å². The number of amides is 1. The maximum absolute atomic E-state index is 13.0. The van der Waals surface area contributed by atoms with Gasteiger partial charge in [-0.3, -0.25) is 14.9 Å². The molecule has 10 nitrogen and oxygen atoms in total. The number of carbonyl (C=O) groups is 1. The SMILES string of the molecule is Cl.N[C@@H](Cc1ccc(OCc2ccc(-c3ccccc3)cc2)cc1)C(=O)NS(=O)(=O)c1ccc(NCCCc2ccccc2)c([N+](=O)[O-])c1. The normalized spacial score (nSPS) is 11.5. The van der Waals surface area contributed by atoms with Crippen LogP contribution in [0.4, 0.5) is 11.4 Å². The van der Waals surface area contributed by atoms with Gasteiger partial charge in [0.2, 0.25) is 0 Å². The van der Waals surface area contributed by atoms with E-state index in [9.17, 15) is 23.3 Å². The van der Waals surface area contributed by atoms with Crippen molar-refractivity contribution >= 4 is 39.7 Å². The molecule has 4 N–H and O–H groups in total. The van der Waals surface area contributed by atoms with Gasteiger partial charge < -0.3 is 15.8 Å². The summed E-state index contributed by atoms with van der Waals surface area (Å²) in [5, 5.41) is 14.7. The molecule has 0 fully saturated rings. The Labute approximate surface area is 291 Å². The molecule has 1 atom stereocenters. The van der Waals surface area contributed by atoms with E-state index in [1.807, 2.05) is 77.5 Å². The van der Waals surface area contributed by atoms with Gasteiger partial charge in [0.05, 0.1) is 15.9 Å². The van der Waals surface area contributed by atoms with Crippen LogP contribution in [0, 0.1) is 10.1 Å². The van der Waals surface area contributed by atoms with E-state index in [0.29, 0.717) is 24.5 Å². The molecule has 254 valence electrons. The Balaban J connectivity index is 0.00000541. The highest BCUT2D eigenvalue weighted by molar-refractivity contribution is 7.90. The van der Waals surface area contributed by atoms with Gasteiger partial charge in [0.1, 0.15) is 18.0 Å². The lowest BCUT2D eigenvalue weighted by Gasteiger charge is -2.14. The number of sulfonamides is 1. The summed E-state index contributed by atoms with van der Waals surface area (Å²) in [5.74, 6) is -0.303. The second kappa shape index (κ2) is 17.3. The summed E-state index contributed by atoms with van der Waals surface area (Å²) in [6.45, 7) is 0.821. The number of ether oxygens (including phenoxy) is 1. The standard InChI is InChI=1S/C37H36N4O6S.ClH/c38-34(24-28-15-19-32(20-16-28)47-26-29-13-17-31(18-14-29)30-11-5-2-6-12-30)37(42)40-48(45,46)33-21-22-35(36(25-33)41(43)44)39-23-7-10-27-8-3-1-4-9-27;/h1-6,8-9,11-22,25,34,39H,7,10,23-24,26,38H2,(H,40,42);1H/t34-;/m0./s1. The minimum Gasteiger partial charge on any atom is -0.489 e. The van der Waals surface area contributed by atoms with Gasteiger partial charge in [-0.05, 0) is 71.3 Å². The molecule has 0 spiro atoms. The Bertz CT molecular complexity index is 1940. The average molecular weight is 701 g/mol. The Morgan fingerprint density at radius 1 is 0.796 bits per heavy atom. The third-order valence-electron chi connectivity index (χ3n) is 7.69. The third kappa shape index (κ3) is 10.4. The summed E-state index contributed by atoms with van der Waals surface area (Å²) >= 11 is 0. The predicted octanol–water partition coefficient (Wildman–Crippen LogP) is 6.68. The smallest absolute Gasteiger partial charge is 0.293 e. The molecule has 0 saturated heterocycles. The van der Waals surface area contributed by atoms with Crippen LogP contribution in [-0.2, 0) is 34.3 Å². The van der Waals surface area contributed by atoms with Crippen LogP contribution < -0.4 is 20.5 Å². The second-order valence-electron chi connectivity index (χ2n) is 11.2. The Morgan fingerprint density at radius 3 is 2.06 bits per heavy atom. The van der Waals surface area contributed by atoms with Crippen LogP contribution in [0.2, 0.25) is 0 Å². The van der Waals surface area contributed by atoms with Crippen LogP contribution in [0.25, 0.3) is 11.1 Å². The van der Waals surface area contributed by atoms with Gasteiger partial charge in [-0.2, -0.15) is 0 Å². The lowest BCUT2D eigenvalue weighted by atomic mass is 10.0. The Morgan fingerprint density at radius 2 is 1.41 bits per heavy atom. The van der Waals surface area contributed by atoms with E-state index in [2.05, 4.69) is 17.4 Å². The number of anilines is 1. The van der Waals surface area contributed by atoms with Gasteiger partial charge in [0, 0.05) is 12.6 Å². The monoisotopic (exact) mass is 700 g/mol. The molecular formula is C37H37ClN4O6S. The number of halogens is 1. The lowest BCUT2D eigenvalue weighted by molar-refractivity contribution is -0.384. The average Bonchev–Trinajstić information content (AvgIpc) is 3.10. The van der Waals surface area contributed by atoms with Gasteiger partial charge in [-0.1, -0.05) is 97.1 Å². The van der Waals surface area contributed by atoms with Crippen molar-refractivity contribution in [2.24, 2.45) is 5.73 Å². The number of nitro benzene ring substituents is 1. The summed E-state index contributed by atoms with van der Waals surface area (Å²) in [5.41, 5.74) is 10.9. The molecule has 5 aromatic carbocycles. The van der Waals surface area contributed by atoms with Crippen LogP contribution >= 0.6 is 12.4 Å². The van der Waals surface area contributed by atoms with Crippen LogP contribution in [0.5, 0.6) is 5.75 Å². The first-order chi connectivity index (χ1) is 23.2. The molecule has 12 heteroatoms. The fraction of sp³-hybridized carbons (Fsp3) is 0.162. The van der Waals surface area contributed by atoms with E-state index >= 15 is 0 Å². The van der Waals surface area contributed by atoms with Gasteiger partial charge in [-0.25, -0.2) is 13.1 Å². The van der Waals surface area contributed by atoms with Crippen molar-refractivity contribution in [1.82, 2.24) is 4.72 Å². The Hall–Kier alpha value is -5.23. The van der Waals surface area contributed by atoms with E-state index in [1.54, 1.807) is 24.3 Å². The first-order valence-corrected chi connectivity index (χ1v) is 16.9. The molecule has 0 aliphatic heterocycles. The topological polar surface area (TPSA) is 154 Å². The highest BCUT2D eigenvalue weighted by Crippen LogP contribution is 2.28. The zero-order chi connectivity index (χ0) is 33.9. The maximum atomic E-state index is 13.0. The number of nitrogens with two attached hydrogens (primary N) is 1. The first kappa shape index (κ1) is 36.6. The quantitative estimate of drug-likeness (QED) is 0.0621. The van der Waals surface area contributed by atoms with Crippen LogP contribution in [0.1, 0.15) is 23.1 Å². The molecule has 0 saturated carbocycles. The predicted molar refractivity (Wildman–Crippen MR) is 193 cm³/mol. The van der Waals surface area contributed by atoms with Crippen LogP contribution in [0.3, 0.4) is 0 Å². The number of benzene rings is 5. The number of hydrogen-bond acceptors (Lipinski definition) is 8. The minimum atomic E-state index is -4.42. The lowest BCUT2D eigenvalue weighted by Crippen LogP contribution is -2.44. The zero-order valence-electron chi connectivity index (χ0n) is 26.5. The van der Waals surface area contributed by atoms with E-state index in [-0.39, 0.29) is 24.5 Å². The van der Waals surface area contributed by atoms with E-state index < -0.39 is 37.5 Å². The van der Waals surface area contributed by atoms with E-state index in [1.165, 1.54) is 12.1 Å². The number of nitrogens with zero attached hydrogens (tertiary/aromatic N) is 1.